The molecule has 2 N–H and O–H groups in total. The van der Waals surface area contributed by atoms with Crippen LogP contribution in [-0.2, 0) is 17.5 Å². The fourth-order valence-corrected chi connectivity index (χ4v) is 4.00. The fraction of sp³-hybridized carbons (Fsp3) is 0.385. The lowest BCUT2D eigenvalue weighted by Gasteiger charge is -2.32. The van der Waals surface area contributed by atoms with Gasteiger partial charge >= 0.3 is 6.18 Å². The molecule has 0 spiro atoms. The Labute approximate surface area is 197 Å². The number of rotatable bonds is 7. The molecular formula is C26H28F3N3O2. The normalized spacial score (nSPS) is 17.6. The predicted octanol–water partition coefficient (Wildman–Crippen LogP) is 4.39. The molecule has 0 bridgehead atoms. The zero-order chi connectivity index (χ0) is 24.1. The predicted molar refractivity (Wildman–Crippen MR) is 124 cm³/mol. The lowest BCUT2D eigenvalue weighted by molar-refractivity contribution is -0.137. The number of hydrogen-bond acceptors (Lipinski definition) is 3. The molecule has 2 amide bonds. The van der Waals surface area contributed by atoms with E-state index in [1.54, 1.807) is 36.4 Å². The van der Waals surface area contributed by atoms with Crippen LogP contribution in [-0.4, -0.2) is 41.9 Å². The molecule has 34 heavy (non-hydrogen) atoms. The number of alkyl halides is 3. The fourth-order valence-electron chi connectivity index (χ4n) is 4.00. The van der Waals surface area contributed by atoms with Crippen molar-refractivity contribution in [3.05, 3.63) is 76.9 Å². The minimum absolute atomic E-state index is 0.0309. The van der Waals surface area contributed by atoms with Gasteiger partial charge in [0.05, 0.1) is 5.56 Å². The summed E-state index contributed by atoms with van der Waals surface area (Å²) >= 11 is 0. The van der Waals surface area contributed by atoms with Gasteiger partial charge < -0.3 is 10.6 Å². The van der Waals surface area contributed by atoms with Crippen LogP contribution in [0.4, 0.5) is 13.2 Å². The standard InChI is InChI=1S/C26H28F3N3O2/c27-26(28,29)21-3-1-2-19(16-21)17-32-14-12-23(13-15-32)30-24(33)11-6-18-4-7-20(8-5-18)25(34)31-22-9-10-22/h1-8,11,16,22-23H,9-10,12-15,17H2,(H,30,33)(H,31,34)/b11-6+. The van der Waals surface area contributed by atoms with Crippen molar-refractivity contribution in [3.8, 4) is 0 Å². The Bertz CT molecular complexity index is 1040. The first-order valence-electron chi connectivity index (χ1n) is 11.5. The molecule has 1 aliphatic heterocycles. The molecule has 0 radical (unpaired) electrons. The largest absolute Gasteiger partial charge is 0.416 e. The highest BCUT2D eigenvalue weighted by atomic mass is 19.4. The van der Waals surface area contributed by atoms with Gasteiger partial charge in [-0.15, -0.1) is 0 Å². The first-order valence-corrected chi connectivity index (χ1v) is 11.5. The highest BCUT2D eigenvalue weighted by Gasteiger charge is 2.30. The Balaban J connectivity index is 1.21. The number of carbonyl (C=O) groups excluding carboxylic acids is 2. The molecule has 4 rings (SSSR count). The summed E-state index contributed by atoms with van der Waals surface area (Å²) in [5.41, 5.74) is 1.44. The van der Waals surface area contributed by atoms with Crippen molar-refractivity contribution in [2.75, 3.05) is 13.1 Å². The molecule has 2 aromatic carbocycles. The van der Waals surface area contributed by atoms with E-state index in [0.717, 1.165) is 37.3 Å². The van der Waals surface area contributed by atoms with Crippen molar-refractivity contribution in [2.45, 2.75) is 50.5 Å². The van der Waals surface area contributed by atoms with E-state index >= 15 is 0 Å². The van der Waals surface area contributed by atoms with Crippen LogP contribution in [0.3, 0.4) is 0 Å². The van der Waals surface area contributed by atoms with Gasteiger partial charge in [-0.1, -0.05) is 30.3 Å². The van der Waals surface area contributed by atoms with Crippen LogP contribution in [0.5, 0.6) is 0 Å². The van der Waals surface area contributed by atoms with Crippen LogP contribution in [0.15, 0.2) is 54.6 Å². The molecule has 1 saturated carbocycles. The minimum atomic E-state index is -4.34. The SMILES string of the molecule is O=C(/C=C/c1ccc(C(=O)NC2CC2)cc1)NC1CCN(Cc2cccc(C(F)(F)F)c2)CC1. The molecule has 8 heteroatoms. The monoisotopic (exact) mass is 471 g/mol. The van der Waals surface area contributed by atoms with Crippen molar-refractivity contribution < 1.29 is 22.8 Å². The van der Waals surface area contributed by atoms with E-state index in [4.69, 9.17) is 0 Å². The molecule has 2 aliphatic rings. The third kappa shape index (κ3) is 6.93. The molecule has 180 valence electrons. The van der Waals surface area contributed by atoms with Crippen LogP contribution in [0, 0.1) is 0 Å². The van der Waals surface area contributed by atoms with E-state index < -0.39 is 11.7 Å². The number of amides is 2. The topological polar surface area (TPSA) is 61.4 Å². The van der Waals surface area contributed by atoms with Gasteiger partial charge in [-0.05, 0) is 61.1 Å². The van der Waals surface area contributed by atoms with Crippen LogP contribution in [0.1, 0.15) is 52.7 Å². The maximum atomic E-state index is 12.9. The quantitative estimate of drug-likeness (QED) is 0.589. The van der Waals surface area contributed by atoms with E-state index in [1.807, 2.05) is 0 Å². The smallest absolute Gasteiger partial charge is 0.350 e. The van der Waals surface area contributed by atoms with Crippen molar-refractivity contribution >= 4 is 17.9 Å². The second-order valence-corrected chi connectivity index (χ2v) is 8.96. The molecule has 0 unspecified atom stereocenters. The summed E-state index contributed by atoms with van der Waals surface area (Å²) in [5.74, 6) is -0.262. The molecule has 2 aromatic rings. The first-order chi connectivity index (χ1) is 16.3. The van der Waals surface area contributed by atoms with Gasteiger partial charge in [-0.3, -0.25) is 14.5 Å². The molecule has 1 saturated heterocycles. The Morgan fingerprint density at radius 1 is 0.941 bits per heavy atom. The first kappa shape index (κ1) is 24.0. The van der Waals surface area contributed by atoms with Crippen LogP contribution >= 0.6 is 0 Å². The maximum Gasteiger partial charge on any atom is 0.416 e. The Morgan fingerprint density at radius 3 is 2.26 bits per heavy atom. The van der Waals surface area contributed by atoms with Crippen molar-refractivity contribution in [1.29, 1.82) is 0 Å². The van der Waals surface area contributed by atoms with Crippen molar-refractivity contribution in [2.24, 2.45) is 0 Å². The van der Waals surface area contributed by atoms with Crippen LogP contribution in [0.2, 0.25) is 0 Å². The van der Waals surface area contributed by atoms with E-state index in [-0.39, 0.29) is 17.9 Å². The molecule has 5 nitrogen and oxygen atoms in total. The van der Waals surface area contributed by atoms with E-state index in [9.17, 15) is 22.8 Å². The van der Waals surface area contributed by atoms with E-state index in [1.165, 1.54) is 18.2 Å². The van der Waals surface area contributed by atoms with E-state index in [2.05, 4.69) is 15.5 Å². The van der Waals surface area contributed by atoms with Crippen LogP contribution in [0.25, 0.3) is 6.08 Å². The highest BCUT2D eigenvalue weighted by Crippen LogP contribution is 2.30. The Morgan fingerprint density at radius 2 is 1.62 bits per heavy atom. The van der Waals surface area contributed by atoms with Gasteiger partial charge in [0.15, 0.2) is 0 Å². The van der Waals surface area contributed by atoms with Gasteiger partial charge in [-0.2, -0.15) is 13.2 Å². The van der Waals surface area contributed by atoms with Gasteiger partial charge in [0.1, 0.15) is 0 Å². The lowest BCUT2D eigenvalue weighted by atomic mass is 10.0. The van der Waals surface area contributed by atoms with E-state index in [0.29, 0.717) is 36.8 Å². The second kappa shape index (κ2) is 10.4. The Kier molecular flexibility index (Phi) is 7.36. The summed E-state index contributed by atoms with van der Waals surface area (Å²) < 4.78 is 38.7. The molecule has 0 aromatic heterocycles. The summed E-state index contributed by atoms with van der Waals surface area (Å²) in [5, 5.41) is 5.94. The summed E-state index contributed by atoms with van der Waals surface area (Å²) in [6.07, 6.45) is 2.40. The minimum Gasteiger partial charge on any atom is -0.350 e. The van der Waals surface area contributed by atoms with Gasteiger partial charge in [0, 0.05) is 43.4 Å². The number of benzene rings is 2. The average Bonchev–Trinajstić information content (AvgIpc) is 3.63. The lowest BCUT2D eigenvalue weighted by Crippen LogP contribution is -2.43. The molecule has 1 heterocycles. The van der Waals surface area contributed by atoms with Crippen LogP contribution < -0.4 is 10.6 Å². The van der Waals surface area contributed by atoms with Crippen molar-refractivity contribution in [3.63, 3.8) is 0 Å². The number of nitrogens with one attached hydrogen (secondary N) is 2. The number of likely N-dealkylation sites (tertiary alicyclic amines) is 1. The second-order valence-electron chi connectivity index (χ2n) is 8.96. The molecule has 1 aliphatic carbocycles. The average molecular weight is 472 g/mol. The molecule has 0 atom stereocenters. The highest BCUT2D eigenvalue weighted by molar-refractivity contribution is 5.95. The number of nitrogens with zero attached hydrogens (tertiary/aromatic N) is 1. The summed E-state index contributed by atoms with van der Waals surface area (Å²) in [7, 11) is 0. The van der Waals surface area contributed by atoms with Crippen molar-refractivity contribution in [1.82, 2.24) is 15.5 Å². The van der Waals surface area contributed by atoms with Gasteiger partial charge in [0.25, 0.3) is 5.91 Å². The number of piperidine rings is 1. The number of carbonyl (C=O) groups is 2. The zero-order valence-electron chi connectivity index (χ0n) is 18.8. The number of halogens is 3. The zero-order valence-corrected chi connectivity index (χ0v) is 18.8. The van der Waals surface area contributed by atoms with Gasteiger partial charge in [0.2, 0.25) is 5.91 Å². The Hall–Kier alpha value is -3.13. The number of hydrogen-bond donors (Lipinski definition) is 2. The molecular weight excluding hydrogens is 443 g/mol. The third-order valence-electron chi connectivity index (χ3n) is 6.11. The molecule has 2 fully saturated rings. The third-order valence-corrected chi connectivity index (χ3v) is 6.11. The summed E-state index contributed by atoms with van der Waals surface area (Å²) in [4.78, 5) is 26.4. The maximum absolute atomic E-state index is 12.9. The summed E-state index contributed by atoms with van der Waals surface area (Å²) in [6, 6.07) is 12.9. The summed E-state index contributed by atoms with van der Waals surface area (Å²) in [6.45, 7) is 1.86. The van der Waals surface area contributed by atoms with Gasteiger partial charge in [-0.25, -0.2) is 0 Å².